The number of rotatable bonds is 3. The van der Waals surface area contributed by atoms with Crippen LogP contribution < -0.4 is 11.1 Å². The van der Waals surface area contributed by atoms with Gasteiger partial charge in [0, 0.05) is 16.2 Å². The van der Waals surface area contributed by atoms with E-state index in [2.05, 4.69) is 34.5 Å². The van der Waals surface area contributed by atoms with Crippen LogP contribution in [0.4, 0.5) is 11.8 Å². The molecule has 0 saturated heterocycles. The molecule has 0 spiro atoms. The Balaban J connectivity index is 1.93. The third kappa shape index (κ3) is 2.72. The molecule has 0 amide bonds. The molecule has 0 bridgehead atoms. The Kier molecular flexibility index (Phi) is 4.03. The number of nitrogen functional groups attached to an aromatic ring is 1. The zero-order valence-corrected chi connectivity index (χ0v) is 13.5. The molecule has 3 rings (SSSR count). The van der Waals surface area contributed by atoms with Crippen molar-refractivity contribution in [2.75, 3.05) is 17.3 Å². The molecule has 0 aliphatic heterocycles. The molecule has 20 heavy (non-hydrogen) atoms. The molecule has 1 aliphatic carbocycles. The van der Waals surface area contributed by atoms with Gasteiger partial charge in [0.25, 0.3) is 0 Å². The van der Waals surface area contributed by atoms with Gasteiger partial charge in [-0.3, -0.25) is 0 Å². The summed E-state index contributed by atoms with van der Waals surface area (Å²) in [4.78, 5) is 11.0. The molecule has 4 nitrogen and oxygen atoms in total. The second-order valence-corrected chi connectivity index (χ2v) is 7.63. The van der Waals surface area contributed by atoms with Crippen LogP contribution in [0.25, 0.3) is 10.2 Å². The molecule has 108 valence electrons. The minimum Gasteiger partial charge on any atom is -0.368 e. The summed E-state index contributed by atoms with van der Waals surface area (Å²) in [5, 5.41) is 5.40. The van der Waals surface area contributed by atoms with Crippen LogP contribution in [-0.4, -0.2) is 27.5 Å². The topological polar surface area (TPSA) is 63.8 Å². The second kappa shape index (κ2) is 5.77. The summed E-state index contributed by atoms with van der Waals surface area (Å²) in [5.41, 5.74) is 5.85. The molecule has 2 heterocycles. The lowest BCUT2D eigenvalue weighted by Gasteiger charge is -2.31. The van der Waals surface area contributed by atoms with Crippen molar-refractivity contribution in [2.24, 2.45) is 0 Å². The average molecular weight is 308 g/mol. The lowest BCUT2D eigenvalue weighted by molar-refractivity contribution is 0.474. The van der Waals surface area contributed by atoms with Crippen molar-refractivity contribution in [1.82, 2.24) is 9.97 Å². The van der Waals surface area contributed by atoms with Gasteiger partial charge in [0.1, 0.15) is 10.6 Å². The lowest BCUT2D eigenvalue weighted by Crippen LogP contribution is -2.34. The summed E-state index contributed by atoms with van der Waals surface area (Å²) in [6, 6.07) is 2.63. The summed E-state index contributed by atoms with van der Waals surface area (Å²) in [5.74, 6) is 1.26. The largest absolute Gasteiger partial charge is 0.368 e. The van der Waals surface area contributed by atoms with E-state index in [9.17, 15) is 0 Å². The number of nitrogens with one attached hydrogen (secondary N) is 1. The van der Waals surface area contributed by atoms with Crippen molar-refractivity contribution in [3.8, 4) is 0 Å². The number of anilines is 2. The summed E-state index contributed by atoms with van der Waals surface area (Å²) in [7, 11) is 0. The first kappa shape index (κ1) is 13.9. The van der Waals surface area contributed by atoms with E-state index in [4.69, 9.17) is 5.73 Å². The average Bonchev–Trinajstić information content (AvgIpc) is 2.79. The van der Waals surface area contributed by atoms with Crippen LogP contribution in [0, 0.1) is 6.92 Å². The van der Waals surface area contributed by atoms with Crippen LogP contribution in [0.5, 0.6) is 0 Å². The molecule has 6 heteroatoms. The molecule has 1 aliphatic rings. The number of aryl methyl sites for hydroxylation is 1. The second-order valence-electron chi connectivity index (χ2n) is 5.32. The zero-order chi connectivity index (χ0) is 14.1. The van der Waals surface area contributed by atoms with Gasteiger partial charge in [-0.1, -0.05) is 12.8 Å². The maximum absolute atomic E-state index is 5.85. The molecule has 2 aromatic rings. The minimum absolute atomic E-state index is 0.360. The third-order valence-electron chi connectivity index (χ3n) is 3.86. The Morgan fingerprint density at radius 1 is 1.35 bits per heavy atom. The van der Waals surface area contributed by atoms with Gasteiger partial charge in [0.05, 0.1) is 5.39 Å². The number of thiophene rings is 1. The standard InChI is InChI=1S/C14H20N4S2/c1-8-7-9-12(17-14(15)18-13(9)20-8)16-10-5-3-4-6-11(10)19-2/h7,10-11H,3-6H2,1-2H3,(H3,15,16,17,18). The van der Waals surface area contributed by atoms with Crippen molar-refractivity contribution >= 4 is 45.1 Å². The van der Waals surface area contributed by atoms with Crippen molar-refractivity contribution in [1.29, 1.82) is 0 Å². The summed E-state index contributed by atoms with van der Waals surface area (Å²) in [6.07, 6.45) is 7.32. The van der Waals surface area contributed by atoms with Crippen molar-refractivity contribution in [2.45, 2.75) is 43.9 Å². The van der Waals surface area contributed by atoms with Gasteiger partial charge in [-0.2, -0.15) is 16.7 Å². The fourth-order valence-electron chi connectivity index (χ4n) is 2.89. The molecule has 2 atom stereocenters. The molecular formula is C14H20N4S2. The molecule has 0 aromatic carbocycles. The molecule has 2 unspecified atom stereocenters. The van der Waals surface area contributed by atoms with Gasteiger partial charge in [0.15, 0.2) is 0 Å². The highest BCUT2D eigenvalue weighted by atomic mass is 32.2. The highest BCUT2D eigenvalue weighted by Crippen LogP contribution is 2.33. The van der Waals surface area contributed by atoms with Crippen molar-refractivity contribution in [3.63, 3.8) is 0 Å². The van der Waals surface area contributed by atoms with Gasteiger partial charge in [-0.15, -0.1) is 11.3 Å². The molecule has 1 saturated carbocycles. The van der Waals surface area contributed by atoms with E-state index in [-0.39, 0.29) is 0 Å². The number of nitrogens with zero attached hydrogens (tertiary/aromatic N) is 2. The Labute approximate surface area is 127 Å². The van der Waals surface area contributed by atoms with Crippen LogP contribution in [0.15, 0.2) is 6.07 Å². The van der Waals surface area contributed by atoms with Crippen LogP contribution in [0.2, 0.25) is 0 Å². The first-order chi connectivity index (χ1) is 9.67. The van der Waals surface area contributed by atoms with Crippen LogP contribution in [-0.2, 0) is 0 Å². The van der Waals surface area contributed by atoms with E-state index >= 15 is 0 Å². The number of aromatic nitrogens is 2. The van der Waals surface area contributed by atoms with Gasteiger partial charge in [-0.25, -0.2) is 4.98 Å². The first-order valence-electron chi connectivity index (χ1n) is 7.00. The Hall–Kier alpha value is -1.01. The van der Waals surface area contributed by atoms with E-state index in [1.54, 1.807) is 11.3 Å². The van der Waals surface area contributed by atoms with Gasteiger partial charge in [-0.05, 0) is 32.1 Å². The normalized spacial score (nSPS) is 23.1. The maximum atomic E-state index is 5.85. The fraction of sp³-hybridized carbons (Fsp3) is 0.571. The highest BCUT2D eigenvalue weighted by molar-refractivity contribution is 7.99. The molecule has 2 aromatic heterocycles. The Bertz CT molecular complexity index is 610. The zero-order valence-electron chi connectivity index (χ0n) is 11.8. The number of thioether (sulfide) groups is 1. The lowest BCUT2D eigenvalue weighted by atomic mass is 9.95. The quantitative estimate of drug-likeness (QED) is 0.906. The van der Waals surface area contributed by atoms with E-state index in [1.807, 2.05) is 11.8 Å². The predicted octanol–water partition coefficient (Wildman–Crippen LogP) is 3.67. The van der Waals surface area contributed by atoms with E-state index in [0.717, 1.165) is 16.0 Å². The first-order valence-corrected chi connectivity index (χ1v) is 9.11. The fourth-order valence-corrected chi connectivity index (χ4v) is 4.71. The van der Waals surface area contributed by atoms with Crippen molar-refractivity contribution < 1.29 is 0 Å². The van der Waals surface area contributed by atoms with Gasteiger partial charge < -0.3 is 11.1 Å². The summed E-state index contributed by atoms with van der Waals surface area (Å²) >= 11 is 3.63. The van der Waals surface area contributed by atoms with Crippen LogP contribution in [0.3, 0.4) is 0 Å². The van der Waals surface area contributed by atoms with Crippen molar-refractivity contribution in [3.05, 3.63) is 10.9 Å². The summed E-state index contributed by atoms with van der Waals surface area (Å²) < 4.78 is 0. The monoisotopic (exact) mass is 308 g/mol. The number of fused-ring (bicyclic) bond motifs is 1. The molecular weight excluding hydrogens is 288 g/mol. The predicted molar refractivity (Wildman–Crippen MR) is 89.7 cm³/mol. The number of hydrogen-bond donors (Lipinski definition) is 2. The summed E-state index contributed by atoms with van der Waals surface area (Å²) in [6.45, 7) is 2.09. The maximum Gasteiger partial charge on any atom is 0.223 e. The number of nitrogens with two attached hydrogens (primary N) is 1. The highest BCUT2D eigenvalue weighted by Gasteiger charge is 2.25. The van der Waals surface area contributed by atoms with E-state index < -0.39 is 0 Å². The van der Waals surface area contributed by atoms with E-state index in [0.29, 0.717) is 17.2 Å². The Morgan fingerprint density at radius 2 is 2.15 bits per heavy atom. The van der Waals surface area contributed by atoms with Crippen LogP contribution >= 0.6 is 23.1 Å². The van der Waals surface area contributed by atoms with Gasteiger partial charge >= 0.3 is 0 Å². The van der Waals surface area contributed by atoms with Crippen LogP contribution in [0.1, 0.15) is 30.6 Å². The SMILES string of the molecule is CSC1CCCCC1Nc1nc(N)nc2sc(C)cc12. The van der Waals surface area contributed by atoms with Gasteiger partial charge in [0.2, 0.25) is 5.95 Å². The molecule has 3 N–H and O–H groups in total. The number of hydrogen-bond acceptors (Lipinski definition) is 6. The van der Waals surface area contributed by atoms with E-state index in [1.165, 1.54) is 30.6 Å². The smallest absolute Gasteiger partial charge is 0.223 e. The molecule has 0 radical (unpaired) electrons. The molecule has 1 fully saturated rings. The third-order valence-corrected chi connectivity index (χ3v) is 5.97. The minimum atomic E-state index is 0.360. The Morgan fingerprint density at radius 3 is 2.95 bits per heavy atom.